The molecule has 0 heterocycles. The van der Waals surface area contributed by atoms with Crippen molar-refractivity contribution in [3.8, 4) is 17.2 Å². The van der Waals surface area contributed by atoms with Gasteiger partial charge in [-0.15, -0.1) is 0 Å². The summed E-state index contributed by atoms with van der Waals surface area (Å²) >= 11 is 6.31. The normalized spacial score (nSPS) is 10.8. The summed E-state index contributed by atoms with van der Waals surface area (Å²) in [5.41, 5.74) is 0.344. The van der Waals surface area contributed by atoms with Crippen molar-refractivity contribution in [1.82, 2.24) is 0 Å². The minimum absolute atomic E-state index is 0. The Hall–Kier alpha value is -1.17. The number of carbonyl (C=O) groups excluding carboxylic acids is 1. The fraction of sp³-hybridized carbons (Fsp3) is 0.500. The number of benzene rings is 2. The van der Waals surface area contributed by atoms with Gasteiger partial charge in [-0.2, -0.15) is 0 Å². The first-order valence-corrected chi connectivity index (χ1v) is 13.0. The number of carbonyl (C=O) groups is 1. The zero-order valence-corrected chi connectivity index (χ0v) is 21.3. The molecule has 0 aliphatic heterocycles. The molecule has 0 fully saturated rings. The van der Waals surface area contributed by atoms with Crippen LogP contribution in [0.1, 0.15) is 75.6 Å². The zero-order chi connectivity index (χ0) is 23.2. The van der Waals surface area contributed by atoms with Gasteiger partial charge >= 0.3 is 18.9 Å². The average Bonchev–Trinajstić information content (AvgIpc) is 2.79. The molecule has 7 heteroatoms. The van der Waals surface area contributed by atoms with Crippen molar-refractivity contribution in [3.63, 3.8) is 0 Å². The third-order valence-electron chi connectivity index (χ3n) is 5.15. The molecule has 4 nitrogen and oxygen atoms in total. The number of rotatable bonds is 16. The van der Waals surface area contributed by atoms with Crippen LogP contribution in [0.2, 0.25) is 5.02 Å². The van der Waals surface area contributed by atoms with Crippen molar-refractivity contribution in [2.45, 2.75) is 65.2 Å². The summed E-state index contributed by atoms with van der Waals surface area (Å²) in [4.78, 5) is 13.1. The van der Waals surface area contributed by atoms with E-state index in [1.165, 1.54) is 32.1 Å². The van der Waals surface area contributed by atoms with E-state index in [0.717, 1.165) is 30.3 Å². The zero-order valence-electron chi connectivity index (χ0n) is 19.5. The molecule has 2 aromatic carbocycles. The van der Waals surface area contributed by atoms with Crippen molar-refractivity contribution >= 4 is 49.9 Å². The number of hydrogen-bond acceptors (Lipinski definition) is 4. The van der Waals surface area contributed by atoms with E-state index in [9.17, 15) is 4.79 Å². The van der Waals surface area contributed by atoms with Gasteiger partial charge in [-0.1, -0.05) is 70.0 Å². The van der Waals surface area contributed by atoms with Crippen LogP contribution in [0, 0.1) is 0 Å². The van der Waals surface area contributed by atoms with Crippen molar-refractivity contribution in [3.05, 3.63) is 47.0 Å². The van der Waals surface area contributed by atoms with Crippen LogP contribution in [-0.2, 0) is 0 Å². The molecule has 2 rings (SSSR count). The molecule has 0 aliphatic carbocycles. The van der Waals surface area contributed by atoms with Crippen LogP contribution < -0.4 is 19.5 Å². The Morgan fingerprint density at radius 2 is 1.55 bits per heavy atom. The van der Waals surface area contributed by atoms with E-state index in [4.69, 9.17) is 25.8 Å². The first-order valence-electron chi connectivity index (χ1n) is 11.6. The molecular formula is C26H37ClLiO4P. The van der Waals surface area contributed by atoms with Crippen LogP contribution in [0.4, 0.5) is 0 Å². The summed E-state index contributed by atoms with van der Waals surface area (Å²) in [6.07, 6.45) is 9.15. The van der Waals surface area contributed by atoms with E-state index in [0.29, 0.717) is 35.3 Å². The van der Waals surface area contributed by atoms with E-state index >= 15 is 0 Å². The Labute approximate surface area is 218 Å². The molecule has 0 spiro atoms. The van der Waals surface area contributed by atoms with Gasteiger partial charge in [0.1, 0.15) is 17.2 Å². The molecule has 0 amide bonds. The molecule has 178 valence electrons. The third kappa shape index (κ3) is 10.3. The van der Waals surface area contributed by atoms with Gasteiger partial charge in [0.05, 0.1) is 30.9 Å². The summed E-state index contributed by atoms with van der Waals surface area (Å²) in [7, 11) is 1.42. The van der Waals surface area contributed by atoms with Gasteiger partial charge in [0.15, 0.2) is 5.52 Å². The topological polar surface area (TPSA) is 44.8 Å². The Morgan fingerprint density at radius 1 is 0.879 bits per heavy atom. The number of hydrogen-bond donors (Lipinski definition) is 0. The predicted octanol–water partition coefficient (Wildman–Crippen LogP) is 6.76. The first kappa shape index (κ1) is 29.9. The summed E-state index contributed by atoms with van der Waals surface area (Å²) in [6.45, 7) is 5.70. The first-order chi connectivity index (χ1) is 15.6. The SMILES string of the molecule is CCCCCCOc1ccc(PC(=O)c2c(Cl)cccc2OC)c(OCCCCCC)c1.[LiH]. The van der Waals surface area contributed by atoms with Crippen molar-refractivity contribution in [2.75, 3.05) is 20.3 Å². The van der Waals surface area contributed by atoms with E-state index < -0.39 is 0 Å². The van der Waals surface area contributed by atoms with Crippen LogP contribution >= 0.6 is 20.2 Å². The molecule has 0 radical (unpaired) electrons. The van der Waals surface area contributed by atoms with Crippen LogP contribution in [-0.4, -0.2) is 44.7 Å². The van der Waals surface area contributed by atoms with Gasteiger partial charge < -0.3 is 14.2 Å². The number of methoxy groups -OCH3 is 1. The van der Waals surface area contributed by atoms with Gasteiger partial charge in [0, 0.05) is 11.4 Å². The maximum absolute atomic E-state index is 13.1. The summed E-state index contributed by atoms with van der Waals surface area (Å²) in [5, 5.41) is 1.25. The Bertz CT molecular complexity index is 847. The van der Waals surface area contributed by atoms with E-state index in [1.807, 2.05) is 18.2 Å². The Kier molecular flexibility index (Phi) is 15.6. The second kappa shape index (κ2) is 17.3. The monoisotopic (exact) mass is 486 g/mol. The third-order valence-corrected chi connectivity index (χ3v) is 6.62. The van der Waals surface area contributed by atoms with E-state index in [-0.39, 0.29) is 33.0 Å². The quantitative estimate of drug-likeness (QED) is 0.149. The molecule has 0 saturated carbocycles. The van der Waals surface area contributed by atoms with Crippen molar-refractivity contribution in [2.24, 2.45) is 0 Å². The molecule has 33 heavy (non-hydrogen) atoms. The molecule has 2 aromatic rings. The van der Waals surface area contributed by atoms with Crippen molar-refractivity contribution in [1.29, 1.82) is 0 Å². The van der Waals surface area contributed by atoms with E-state index in [1.54, 1.807) is 25.3 Å². The van der Waals surface area contributed by atoms with Gasteiger partial charge in [0.2, 0.25) is 0 Å². The maximum atomic E-state index is 13.1. The molecule has 0 aliphatic rings. The minimum atomic E-state index is -0.123. The predicted molar refractivity (Wildman–Crippen MR) is 143 cm³/mol. The van der Waals surface area contributed by atoms with Gasteiger partial charge in [-0.25, -0.2) is 0 Å². The van der Waals surface area contributed by atoms with Gasteiger partial charge in [0.25, 0.3) is 0 Å². The molecule has 1 atom stereocenters. The number of unbranched alkanes of at least 4 members (excludes halogenated alkanes) is 6. The standard InChI is InChI=1S/C26H36ClO4P.Li.H/c1-4-6-8-10-17-30-20-15-16-24(23(19-20)31-18-11-9-7-5-2)32-26(28)25-21(27)13-12-14-22(25)29-3;;/h12-16,19,32H,4-11,17-18H2,1-3H3;;. The second-order valence-corrected chi connectivity index (χ2v) is 9.40. The van der Waals surface area contributed by atoms with Crippen LogP contribution in [0.25, 0.3) is 0 Å². The second-order valence-electron chi connectivity index (χ2n) is 7.75. The number of halogens is 1. The summed E-state index contributed by atoms with van der Waals surface area (Å²) in [6, 6.07) is 11.0. The molecule has 0 aromatic heterocycles. The van der Waals surface area contributed by atoms with Crippen LogP contribution in [0.3, 0.4) is 0 Å². The van der Waals surface area contributed by atoms with Crippen LogP contribution in [0.5, 0.6) is 17.2 Å². The average molecular weight is 487 g/mol. The molecule has 0 saturated heterocycles. The fourth-order valence-corrected chi connectivity index (χ4v) is 4.72. The Morgan fingerprint density at radius 3 is 2.18 bits per heavy atom. The van der Waals surface area contributed by atoms with E-state index in [2.05, 4.69) is 13.8 Å². The Balaban J connectivity index is 0.00000544. The number of ether oxygens (including phenoxy) is 3. The molecule has 0 bridgehead atoms. The fourth-order valence-electron chi connectivity index (χ4n) is 3.32. The van der Waals surface area contributed by atoms with Gasteiger partial charge in [-0.3, -0.25) is 4.79 Å². The molecule has 0 N–H and O–H groups in total. The molecular weight excluding hydrogens is 450 g/mol. The van der Waals surface area contributed by atoms with Crippen LogP contribution in [0.15, 0.2) is 36.4 Å². The summed E-state index contributed by atoms with van der Waals surface area (Å²) < 4.78 is 17.4. The van der Waals surface area contributed by atoms with Gasteiger partial charge in [-0.05, 0) is 45.7 Å². The summed E-state index contributed by atoms with van der Waals surface area (Å²) in [5.74, 6) is 1.98. The molecule has 1 unspecified atom stereocenters. The van der Waals surface area contributed by atoms with Crippen molar-refractivity contribution < 1.29 is 19.0 Å².